The van der Waals surface area contributed by atoms with Crippen molar-refractivity contribution in [3.05, 3.63) is 30.1 Å². The first-order valence-corrected chi connectivity index (χ1v) is 4.94. The van der Waals surface area contributed by atoms with Gasteiger partial charge in [0.25, 0.3) is 0 Å². The van der Waals surface area contributed by atoms with E-state index < -0.39 is 0 Å². The van der Waals surface area contributed by atoms with Crippen molar-refractivity contribution in [3.8, 4) is 0 Å². The van der Waals surface area contributed by atoms with Crippen molar-refractivity contribution < 1.29 is 4.39 Å². The van der Waals surface area contributed by atoms with Gasteiger partial charge in [-0.1, -0.05) is 12.1 Å². The summed E-state index contributed by atoms with van der Waals surface area (Å²) < 4.78 is 13.4. The van der Waals surface area contributed by atoms with Crippen LogP contribution >= 0.6 is 0 Å². The Morgan fingerprint density at radius 2 is 2.43 bits per heavy atom. The minimum atomic E-state index is -0.207. The number of nitrogens with two attached hydrogens (primary N) is 1. The van der Waals surface area contributed by atoms with E-state index in [2.05, 4.69) is 6.07 Å². The average Bonchev–Trinajstić information content (AvgIpc) is 2.18. The zero-order valence-electron chi connectivity index (χ0n) is 8.04. The average molecular weight is 193 g/mol. The fourth-order valence-electron chi connectivity index (χ4n) is 1.86. The molecule has 2 rings (SSSR count). The Kier molecular flexibility index (Phi) is 2.68. The largest absolute Gasteiger partial charge is 0.367 e. The summed E-state index contributed by atoms with van der Waals surface area (Å²) in [5, 5.41) is 0. The summed E-state index contributed by atoms with van der Waals surface area (Å²) in [5.41, 5.74) is 6.39. The first-order valence-electron chi connectivity index (χ1n) is 4.94. The molecule has 0 aromatic heterocycles. The van der Waals surface area contributed by atoms with Gasteiger partial charge in [0, 0.05) is 25.2 Å². The van der Waals surface area contributed by atoms with E-state index >= 15 is 0 Å². The number of para-hydroxylation sites is 1. The number of anilines is 1. The predicted octanol–water partition coefficient (Wildman–Crippen LogP) is 1.55. The van der Waals surface area contributed by atoms with Gasteiger partial charge in [-0.05, 0) is 18.9 Å². The van der Waals surface area contributed by atoms with Crippen molar-refractivity contribution in [1.29, 1.82) is 0 Å². The smallest absolute Gasteiger partial charge is 0.147 e. The Morgan fingerprint density at radius 1 is 1.57 bits per heavy atom. The van der Waals surface area contributed by atoms with Crippen LogP contribution in [0.25, 0.3) is 0 Å². The fourth-order valence-corrected chi connectivity index (χ4v) is 1.86. The molecule has 1 fully saturated rings. The minimum Gasteiger partial charge on any atom is -0.367 e. The quantitative estimate of drug-likeness (QED) is 0.733. The van der Waals surface area contributed by atoms with Crippen LogP contribution in [0.4, 0.5) is 10.1 Å². The Morgan fingerprint density at radius 3 is 3.14 bits per heavy atom. The first kappa shape index (κ1) is 9.46. The number of rotatable bonds is 1. The third kappa shape index (κ3) is 1.87. The van der Waals surface area contributed by atoms with Crippen molar-refractivity contribution in [1.82, 2.24) is 0 Å². The lowest BCUT2D eigenvalue weighted by molar-refractivity contribution is 0.497. The van der Waals surface area contributed by atoms with Gasteiger partial charge in [0.05, 0.1) is 5.69 Å². The number of halogens is 1. The van der Waals surface area contributed by atoms with E-state index in [0.717, 1.165) is 25.9 Å². The predicted molar refractivity (Wildman–Crippen MR) is 54.7 cm³/mol. The van der Waals surface area contributed by atoms with Crippen LogP contribution in [-0.4, -0.2) is 19.1 Å². The molecule has 0 amide bonds. The van der Waals surface area contributed by atoms with E-state index in [0.29, 0.717) is 5.69 Å². The van der Waals surface area contributed by atoms with E-state index in [9.17, 15) is 4.39 Å². The van der Waals surface area contributed by atoms with Crippen LogP contribution in [-0.2, 0) is 0 Å². The lowest BCUT2D eigenvalue weighted by Gasteiger charge is -2.32. The molecule has 1 heterocycles. The number of benzene rings is 1. The highest BCUT2D eigenvalue weighted by Gasteiger charge is 2.18. The lowest BCUT2D eigenvalue weighted by atomic mass is 10.1. The molecule has 1 aliphatic heterocycles. The molecule has 14 heavy (non-hydrogen) atoms. The van der Waals surface area contributed by atoms with E-state index in [1.165, 1.54) is 6.07 Å². The van der Waals surface area contributed by atoms with E-state index in [1.807, 2.05) is 4.90 Å². The standard InChI is InChI=1S/C11H14FN2/c12-10-5-1-2-6-11(10)14-7-3-4-9(13)8-14/h1-2,5,9H,3-4,7-8,13H2. The number of piperidine rings is 1. The number of nitrogens with zero attached hydrogens (tertiary/aromatic N) is 1. The second kappa shape index (κ2) is 3.96. The van der Waals surface area contributed by atoms with Crippen molar-refractivity contribution >= 4 is 5.69 Å². The highest BCUT2D eigenvalue weighted by atomic mass is 19.1. The summed E-state index contributed by atoms with van der Waals surface area (Å²) in [4.78, 5) is 1.98. The molecule has 0 bridgehead atoms. The topological polar surface area (TPSA) is 29.3 Å². The van der Waals surface area contributed by atoms with Gasteiger partial charge in [0.2, 0.25) is 0 Å². The summed E-state index contributed by atoms with van der Waals surface area (Å²) in [6.07, 6.45) is 2.06. The molecule has 1 aromatic rings. The molecule has 3 heteroatoms. The Bertz CT molecular complexity index is 314. The zero-order chi connectivity index (χ0) is 9.97. The van der Waals surface area contributed by atoms with Gasteiger partial charge in [0.1, 0.15) is 5.82 Å². The van der Waals surface area contributed by atoms with Gasteiger partial charge in [-0.2, -0.15) is 0 Å². The van der Waals surface area contributed by atoms with Crippen LogP contribution < -0.4 is 10.6 Å². The van der Waals surface area contributed by atoms with Crippen molar-refractivity contribution in [2.75, 3.05) is 18.0 Å². The van der Waals surface area contributed by atoms with Crippen LogP contribution in [0.2, 0.25) is 0 Å². The molecule has 75 valence electrons. The normalized spacial score (nSPS) is 22.4. The molecule has 0 spiro atoms. The van der Waals surface area contributed by atoms with Crippen LogP contribution in [0.5, 0.6) is 0 Å². The summed E-state index contributed by atoms with van der Waals surface area (Å²) in [5.74, 6) is -0.207. The van der Waals surface area contributed by atoms with E-state index in [1.54, 1.807) is 12.1 Å². The van der Waals surface area contributed by atoms with Gasteiger partial charge in [-0.15, -0.1) is 0 Å². The van der Waals surface area contributed by atoms with Crippen LogP contribution in [0.3, 0.4) is 0 Å². The van der Waals surface area contributed by atoms with Crippen LogP contribution in [0, 0.1) is 11.9 Å². The fraction of sp³-hybridized carbons (Fsp3) is 0.455. The maximum atomic E-state index is 13.4. The van der Waals surface area contributed by atoms with E-state index in [-0.39, 0.29) is 11.9 Å². The molecule has 2 nitrogen and oxygen atoms in total. The molecule has 0 saturated carbocycles. The Labute approximate surface area is 83.5 Å². The van der Waals surface area contributed by atoms with Gasteiger partial charge >= 0.3 is 0 Å². The van der Waals surface area contributed by atoms with Gasteiger partial charge in [-0.3, -0.25) is 0 Å². The molecule has 0 aliphatic carbocycles. The van der Waals surface area contributed by atoms with Gasteiger partial charge < -0.3 is 10.6 Å². The summed E-state index contributed by atoms with van der Waals surface area (Å²) in [6, 6.07) is 7.94. The summed E-state index contributed by atoms with van der Waals surface area (Å²) in [7, 11) is 0. The first-order chi connectivity index (χ1) is 6.77. The number of hydrogen-bond acceptors (Lipinski definition) is 2. The molecule has 1 radical (unpaired) electrons. The molecule has 1 unspecified atom stereocenters. The molecule has 1 aliphatic rings. The molecule has 1 saturated heterocycles. The molecular weight excluding hydrogens is 179 g/mol. The molecular formula is C11H14FN2. The highest BCUT2D eigenvalue weighted by molar-refractivity contribution is 5.47. The molecule has 1 aromatic carbocycles. The maximum Gasteiger partial charge on any atom is 0.147 e. The van der Waals surface area contributed by atoms with Gasteiger partial charge in [-0.25, -0.2) is 4.39 Å². The molecule has 2 N–H and O–H groups in total. The van der Waals surface area contributed by atoms with Crippen molar-refractivity contribution in [2.45, 2.75) is 18.9 Å². The third-order valence-corrected chi connectivity index (χ3v) is 2.56. The lowest BCUT2D eigenvalue weighted by Crippen LogP contribution is -2.43. The number of hydrogen-bond donors (Lipinski definition) is 1. The summed E-state index contributed by atoms with van der Waals surface area (Å²) in [6.45, 7) is 1.61. The third-order valence-electron chi connectivity index (χ3n) is 2.56. The van der Waals surface area contributed by atoms with Crippen LogP contribution in [0.15, 0.2) is 18.2 Å². The SMILES string of the molecule is NC1CCCN(c2[c]cccc2F)C1. The monoisotopic (exact) mass is 193 g/mol. The van der Waals surface area contributed by atoms with Crippen molar-refractivity contribution in [2.24, 2.45) is 5.73 Å². The highest BCUT2D eigenvalue weighted by Crippen LogP contribution is 2.21. The van der Waals surface area contributed by atoms with Gasteiger partial charge in [0.15, 0.2) is 0 Å². The second-order valence-electron chi connectivity index (χ2n) is 3.71. The summed E-state index contributed by atoms with van der Waals surface area (Å²) >= 11 is 0. The van der Waals surface area contributed by atoms with Crippen molar-refractivity contribution in [3.63, 3.8) is 0 Å². The maximum absolute atomic E-state index is 13.4. The second-order valence-corrected chi connectivity index (χ2v) is 3.71. The Balaban J connectivity index is 2.18. The minimum absolute atomic E-state index is 0.164. The molecule has 1 atom stereocenters. The van der Waals surface area contributed by atoms with E-state index in [4.69, 9.17) is 5.73 Å². The Hall–Kier alpha value is -1.09. The zero-order valence-corrected chi connectivity index (χ0v) is 8.04. The van der Waals surface area contributed by atoms with Crippen LogP contribution in [0.1, 0.15) is 12.8 Å².